The summed E-state index contributed by atoms with van der Waals surface area (Å²) in [6.45, 7) is 0. The topological polar surface area (TPSA) is 101 Å². The second-order valence-electron chi connectivity index (χ2n) is 4.44. The molecule has 0 heterocycles. The largest absolute Gasteiger partial charge is 0.326 e. The smallest absolute Gasteiger partial charge is 0.296 e. The van der Waals surface area contributed by atoms with E-state index in [1.165, 1.54) is 12.1 Å². The fourth-order valence-electron chi connectivity index (χ4n) is 1.81. The van der Waals surface area contributed by atoms with Gasteiger partial charge in [0, 0.05) is 5.69 Å². The van der Waals surface area contributed by atoms with Crippen molar-refractivity contribution in [2.75, 3.05) is 10.0 Å². The second-order valence-corrected chi connectivity index (χ2v) is 5.73. The molecule has 2 aromatic carbocycles. The Kier molecular flexibility index (Phi) is 4.56. The van der Waals surface area contributed by atoms with E-state index in [0.29, 0.717) is 5.69 Å². The van der Waals surface area contributed by atoms with Crippen LogP contribution in [0.4, 0.5) is 11.4 Å². The number of nitrogens with two attached hydrogens (primary N) is 1. The van der Waals surface area contributed by atoms with Crippen molar-refractivity contribution in [3.05, 3.63) is 60.2 Å². The average Bonchev–Trinajstić information content (AvgIpc) is 2.38. The molecule has 0 spiro atoms. The zero-order valence-corrected chi connectivity index (χ0v) is 11.9. The molecule has 1 amide bonds. The molecule has 0 aliphatic carbocycles. The minimum absolute atomic E-state index is 0.186. The van der Waals surface area contributed by atoms with Gasteiger partial charge in [0.2, 0.25) is 5.91 Å². The number of anilines is 2. The molecule has 0 fully saturated rings. The molecule has 0 aliphatic heterocycles. The summed E-state index contributed by atoms with van der Waals surface area (Å²) in [5, 5.41) is 7.60. The van der Waals surface area contributed by atoms with Crippen molar-refractivity contribution >= 4 is 27.5 Å². The van der Waals surface area contributed by atoms with Gasteiger partial charge in [-0.05, 0) is 23.8 Å². The monoisotopic (exact) mass is 305 g/mol. The van der Waals surface area contributed by atoms with Crippen LogP contribution in [0.5, 0.6) is 0 Å². The molecule has 110 valence electrons. The summed E-state index contributed by atoms with van der Waals surface area (Å²) in [6, 6.07) is 15.6. The van der Waals surface area contributed by atoms with Gasteiger partial charge in [-0.1, -0.05) is 36.4 Å². The highest BCUT2D eigenvalue weighted by molar-refractivity contribution is 7.90. The highest BCUT2D eigenvalue weighted by Crippen LogP contribution is 2.16. The summed E-state index contributed by atoms with van der Waals surface area (Å²) in [5.41, 5.74) is 1.67. The Morgan fingerprint density at radius 3 is 2.33 bits per heavy atom. The van der Waals surface area contributed by atoms with Gasteiger partial charge in [0.05, 0.1) is 12.1 Å². The summed E-state index contributed by atoms with van der Waals surface area (Å²) in [6.07, 6.45) is 0.244. The van der Waals surface area contributed by atoms with Crippen LogP contribution in [-0.2, 0) is 21.4 Å². The van der Waals surface area contributed by atoms with E-state index in [-0.39, 0.29) is 18.0 Å². The first-order chi connectivity index (χ1) is 9.92. The molecular formula is C14H15N3O3S. The minimum Gasteiger partial charge on any atom is -0.326 e. The number of hydrogen-bond donors (Lipinski definition) is 3. The molecule has 6 nitrogen and oxygen atoms in total. The fourth-order valence-corrected chi connectivity index (χ4v) is 2.27. The number of amides is 1. The molecule has 2 rings (SSSR count). The molecule has 7 heteroatoms. The summed E-state index contributed by atoms with van der Waals surface area (Å²) < 4.78 is 24.1. The lowest BCUT2D eigenvalue weighted by Gasteiger charge is -2.08. The van der Waals surface area contributed by atoms with E-state index < -0.39 is 10.2 Å². The molecule has 0 bridgehead atoms. The first kappa shape index (κ1) is 15.0. The third kappa shape index (κ3) is 5.25. The van der Waals surface area contributed by atoms with E-state index in [9.17, 15) is 13.2 Å². The van der Waals surface area contributed by atoms with Crippen molar-refractivity contribution in [1.29, 1.82) is 0 Å². The van der Waals surface area contributed by atoms with Gasteiger partial charge in [0.25, 0.3) is 10.2 Å². The number of rotatable bonds is 5. The standard InChI is InChI=1S/C14H15N3O3S/c15-21(19,20)17-13-8-4-7-12(10-13)16-14(18)9-11-5-2-1-3-6-11/h1-8,10,17H,9H2,(H,16,18)(H2,15,19,20). The number of hydrogen-bond acceptors (Lipinski definition) is 3. The molecule has 0 unspecified atom stereocenters. The Balaban J connectivity index is 2.02. The number of benzene rings is 2. The summed E-state index contributed by atoms with van der Waals surface area (Å²) in [7, 11) is -3.83. The Labute approximate surface area is 123 Å². The predicted octanol–water partition coefficient (Wildman–Crippen LogP) is 1.48. The van der Waals surface area contributed by atoms with Gasteiger partial charge in [0.1, 0.15) is 0 Å². The van der Waals surface area contributed by atoms with E-state index in [1.807, 2.05) is 30.3 Å². The van der Waals surface area contributed by atoms with E-state index >= 15 is 0 Å². The molecular weight excluding hydrogens is 290 g/mol. The van der Waals surface area contributed by atoms with Gasteiger partial charge in [-0.25, -0.2) is 5.14 Å². The van der Waals surface area contributed by atoms with Crippen LogP contribution in [-0.4, -0.2) is 14.3 Å². The fraction of sp³-hybridized carbons (Fsp3) is 0.0714. The van der Waals surface area contributed by atoms with Crippen LogP contribution in [0.3, 0.4) is 0 Å². The third-order valence-electron chi connectivity index (χ3n) is 2.61. The van der Waals surface area contributed by atoms with Gasteiger partial charge >= 0.3 is 0 Å². The minimum atomic E-state index is -3.83. The van der Waals surface area contributed by atoms with Crippen LogP contribution >= 0.6 is 0 Å². The van der Waals surface area contributed by atoms with Gasteiger partial charge in [-0.3, -0.25) is 9.52 Å². The van der Waals surface area contributed by atoms with Crippen LogP contribution in [0.1, 0.15) is 5.56 Å². The van der Waals surface area contributed by atoms with Gasteiger partial charge in [-0.15, -0.1) is 0 Å². The van der Waals surface area contributed by atoms with Gasteiger partial charge in [0.15, 0.2) is 0 Å². The third-order valence-corrected chi connectivity index (χ3v) is 3.13. The first-order valence-corrected chi connectivity index (χ1v) is 7.71. The molecule has 0 saturated carbocycles. The Bertz CT molecular complexity index is 730. The normalized spacial score (nSPS) is 10.9. The molecule has 21 heavy (non-hydrogen) atoms. The van der Waals surface area contributed by atoms with Crippen molar-refractivity contribution in [3.63, 3.8) is 0 Å². The molecule has 0 saturated heterocycles. The van der Waals surface area contributed by atoms with Crippen LogP contribution in [0, 0.1) is 0 Å². The first-order valence-electron chi connectivity index (χ1n) is 6.17. The van der Waals surface area contributed by atoms with E-state index in [4.69, 9.17) is 5.14 Å². The van der Waals surface area contributed by atoms with Crippen LogP contribution in [0.2, 0.25) is 0 Å². The van der Waals surface area contributed by atoms with Crippen molar-refractivity contribution in [1.82, 2.24) is 0 Å². The number of carbonyl (C=O) groups is 1. The van der Waals surface area contributed by atoms with Crippen molar-refractivity contribution < 1.29 is 13.2 Å². The van der Waals surface area contributed by atoms with Crippen LogP contribution in [0.15, 0.2) is 54.6 Å². The van der Waals surface area contributed by atoms with Gasteiger partial charge in [-0.2, -0.15) is 8.42 Å². The molecule has 0 atom stereocenters. The lowest BCUT2D eigenvalue weighted by Crippen LogP contribution is -2.21. The highest BCUT2D eigenvalue weighted by atomic mass is 32.2. The quantitative estimate of drug-likeness (QED) is 0.780. The maximum Gasteiger partial charge on any atom is 0.296 e. The maximum atomic E-state index is 11.9. The maximum absolute atomic E-state index is 11.9. The van der Waals surface area contributed by atoms with E-state index in [1.54, 1.807) is 12.1 Å². The van der Waals surface area contributed by atoms with Crippen molar-refractivity contribution in [2.24, 2.45) is 5.14 Å². The lowest BCUT2D eigenvalue weighted by atomic mass is 10.1. The Morgan fingerprint density at radius 2 is 1.67 bits per heavy atom. The highest BCUT2D eigenvalue weighted by Gasteiger charge is 2.06. The van der Waals surface area contributed by atoms with Crippen molar-refractivity contribution in [3.8, 4) is 0 Å². The van der Waals surface area contributed by atoms with Gasteiger partial charge < -0.3 is 5.32 Å². The van der Waals surface area contributed by atoms with E-state index in [2.05, 4.69) is 10.0 Å². The number of carbonyl (C=O) groups excluding carboxylic acids is 1. The predicted molar refractivity (Wildman–Crippen MR) is 81.9 cm³/mol. The molecule has 0 radical (unpaired) electrons. The molecule has 0 aromatic heterocycles. The second kappa shape index (κ2) is 6.38. The molecule has 4 N–H and O–H groups in total. The van der Waals surface area contributed by atoms with E-state index in [0.717, 1.165) is 5.56 Å². The molecule has 2 aromatic rings. The van der Waals surface area contributed by atoms with Crippen LogP contribution in [0.25, 0.3) is 0 Å². The Morgan fingerprint density at radius 1 is 1.00 bits per heavy atom. The average molecular weight is 305 g/mol. The molecule has 0 aliphatic rings. The number of nitrogens with one attached hydrogen (secondary N) is 2. The SMILES string of the molecule is NS(=O)(=O)Nc1cccc(NC(=O)Cc2ccccc2)c1. The van der Waals surface area contributed by atoms with Crippen LogP contribution < -0.4 is 15.2 Å². The summed E-state index contributed by atoms with van der Waals surface area (Å²) in [5.74, 6) is -0.186. The lowest BCUT2D eigenvalue weighted by molar-refractivity contribution is -0.115. The summed E-state index contributed by atoms with van der Waals surface area (Å²) >= 11 is 0. The zero-order valence-electron chi connectivity index (χ0n) is 11.1. The van der Waals surface area contributed by atoms with Crippen molar-refractivity contribution in [2.45, 2.75) is 6.42 Å². The Hall–Kier alpha value is -2.38. The zero-order chi connectivity index (χ0) is 15.3. The summed E-state index contributed by atoms with van der Waals surface area (Å²) in [4.78, 5) is 11.9.